The number of nitrogens with zero attached hydrogens (tertiary/aromatic N) is 3. The SMILES string of the molecule is CCOc1ccccc1[C@H]1Oc2ccccc2-n2c(-c3ccc(C)cc3)c3c(=O)n(C)c(=O)n(C)c3c21. The lowest BCUT2D eigenvalue weighted by Crippen LogP contribution is -2.37. The lowest BCUT2D eigenvalue weighted by atomic mass is 10.0. The highest BCUT2D eigenvalue weighted by Gasteiger charge is 2.37. The molecule has 0 fully saturated rings. The minimum Gasteiger partial charge on any atom is -0.493 e. The fourth-order valence-electron chi connectivity index (χ4n) is 5.29. The van der Waals surface area contributed by atoms with Crippen LogP contribution in [0.5, 0.6) is 11.5 Å². The van der Waals surface area contributed by atoms with Crippen molar-refractivity contribution in [2.75, 3.05) is 6.61 Å². The largest absolute Gasteiger partial charge is 0.493 e. The highest BCUT2D eigenvalue weighted by atomic mass is 16.5. The lowest BCUT2D eigenvalue weighted by molar-refractivity contribution is 0.220. The zero-order valence-corrected chi connectivity index (χ0v) is 21.2. The highest BCUT2D eigenvalue weighted by Crippen LogP contribution is 2.47. The van der Waals surface area contributed by atoms with E-state index in [0.29, 0.717) is 34.7 Å². The standard InChI is InChI=1S/C30H27N3O4/c1-5-36-22-12-8-6-10-20(22)28-27-26-24(29(34)32(4)30(35)31(26)3)25(19-16-14-18(2)15-17-19)33(27)21-11-7-9-13-23(21)37-28/h6-17,28H,5H2,1-4H3/t28-/m1/s1. The van der Waals surface area contributed by atoms with E-state index in [1.165, 1.54) is 11.6 Å². The molecule has 0 bridgehead atoms. The summed E-state index contributed by atoms with van der Waals surface area (Å²) < 4.78 is 17.4. The van der Waals surface area contributed by atoms with Crippen LogP contribution in [0, 0.1) is 6.92 Å². The topological polar surface area (TPSA) is 67.4 Å². The van der Waals surface area contributed by atoms with Gasteiger partial charge >= 0.3 is 5.69 Å². The van der Waals surface area contributed by atoms with Crippen molar-refractivity contribution < 1.29 is 9.47 Å². The summed E-state index contributed by atoms with van der Waals surface area (Å²) in [6, 6.07) is 23.6. The first-order valence-corrected chi connectivity index (χ1v) is 12.3. The van der Waals surface area contributed by atoms with Crippen LogP contribution >= 0.6 is 0 Å². The van der Waals surface area contributed by atoms with Crippen LogP contribution in [0.1, 0.15) is 29.8 Å². The predicted octanol–water partition coefficient (Wildman–Crippen LogP) is 4.88. The molecular weight excluding hydrogens is 466 g/mol. The van der Waals surface area contributed by atoms with E-state index in [1.807, 2.05) is 86.6 Å². The van der Waals surface area contributed by atoms with Crippen molar-refractivity contribution in [2.24, 2.45) is 14.1 Å². The van der Waals surface area contributed by atoms with Crippen molar-refractivity contribution in [2.45, 2.75) is 20.0 Å². The van der Waals surface area contributed by atoms with E-state index in [0.717, 1.165) is 28.1 Å². The average molecular weight is 494 g/mol. The summed E-state index contributed by atoms with van der Waals surface area (Å²) in [4.78, 5) is 27.0. The fraction of sp³-hybridized carbons (Fsp3) is 0.200. The second-order valence-corrected chi connectivity index (χ2v) is 9.30. The van der Waals surface area contributed by atoms with Gasteiger partial charge in [0.1, 0.15) is 11.5 Å². The van der Waals surface area contributed by atoms with Crippen LogP contribution in [0.25, 0.3) is 27.8 Å². The van der Waals surface area contributed by atoms with Crippen LogP contribution in [0.3, 0.4) is 0 Å². The van der Waals surface area contributed by atoms with E-state index in [9.17, 15) is 9.59 Å². The normalized spacial score (nSPS) is 14.2. The van der Waals surface area contributed by atoms with Crippen LogP contribution in [-0.2, 0) is 14.1 Å². The van der Waals surface area contributed by atoms with Gasteiger partial charge in [0.05, 0.1) is 34.6 Å². The van der Waals surface area contributed by atoms with Gasteiger partial charge in [-0.25, -0.2) is 4.79 Å². The Balaban J connectivity index is 1.84. The molecule has 0 saturated heterocycles. The summed E-state index contributed by atoms with van der Waals surface area (Å²) in [5, 5.41) is 0.475. The molecular formula is C30H27N3O4. The molecule has 0 saturated carbocycles. The van der Waals surface area contributed by atoms with Crippen molar-refractivity contribution in [1.82, 2.24) is 13.7 Å². The number of rotatable bonds is 4. The van der Waals surface area contributed by atoms with Crippen molar-refractivity contribution in [1.29, 1.82) is 0 Å². The molecule has 1 aliphatic heterocycles. The molecule has 7 nitrogen and oxygen atoms in total. The third kappa shape index (κ3) is 3.34. The maximum absolute atomic E-state index is 13.8. The summed E-state index contributed by atoms with van der Waals surface area (Å²) in [6.07, 6.45) is -0.614. The van der Waals surface area contributed by atoms with E-state index in [1.54, 1.807) is 11.6 Å². The minimum absolute atomic E-state index is 0.343. The summed E-state index contributed by atoms with van der Waals surface area (Å²) in [5.41, 5.74) is 4.89. The van der Waals surface area contributed by atoms with Gasteiger partial charge in [-0.1, -0.05) is 60.2 Å². The van der Waals surface area contributed by atoms with Gasteiger partial charge in [-0.2, -0.15) is 0 Å². The third-order valence-electron chi connectivity index (χ3n) is 7.03. The smallest absolute Gasteiger partial charge is 0.331 e. The molecule has 0 radical (unpaired) electrons. The van der Waals surface area contributed by atoms with Gasteiger partial charge in [0.25, 0.3) is 5.56 Å². The van der Waals surface area contributed by atoms with E-state index >= 15 is 0 Å². The summed E-state index contributed by atoms with van der Waals surface area (Å²) in [5.74, 6) is 1.38. The summed E-state index contributed by atoms with van der Waals surface area (Å²) >= 11 is 0. The second-order valence-electron chi connectivity index (χ2n) is 9.30. The maximum Gasteiger partial charge on any atom is 0.331 e. The molecule has 0 spiro atoms. The molecule has 0 N–H and O–H groups in total. The first kappa shape index (κ1) is 22.9. The fourth-order valence-corrected chi connectivity index (χ4v) is 5.29. The van der Waals surface area contributed by atoms with E-state index in [4.69, 9.17) is 9.47 Å². The van der Waals surface area contributed by atoms with Crippen LogP contribution in [0.4, 0.5) is 0 Å². The Bertz CT molecular complexity index is 1790. The van der Waals surface area contributed by atoms with Gasteiger partial charge in [-0.15, -0.1) is 0 Å². The Morgan fingerprint density at radius 3 is 2.35 bits per heavy atom. The van der Waals surface area contributed by atoms with Gasteiger partial charge in [0, 0.05) is 19.7 Å². The number of ether oxygens (including phenoxy) is 2. The third-order valence-corrected chi connectivity index (χ3v) is 7.03. The Hall–Kier alpha value is -4.52. The van der Waals surface area contributed by atoms with Crippen LogP contribution in [-0.4, -0.2) is 20.3 Å². The van der Waals surface area contributed by atoms with Gasteiger partial charge in [0.2, 0.25) is 0 Å². The van der Waals surface area contributed by atoms with Gasteiger partial charge in [-0.3, -0.25) is 13.9 Å². The number of aromatic nitrogens is 3. The van der Waals surface area contributed by atoms with Crippen LogP contribution in [0.15, 0.2) is 82.4 Å². The molecule has 3 heterocycles. The van der Waals surface area contributed by atoms with Crippen molar-refractivity contribution in [3.63, 3.8) is 0 Å². The molecule has 3 aromatic carbocycles. The maximum atomic E-state index is 13.8. The second kappa shape index (κ2) is 8.55. The number of benzene rings is 3. The van der Waals surface area contributed by atoms with Gasteiger partial charge < -0.3 is 14.0 Å². The van der Waals surface area contributed by atoms with Crippen LogP contribution in [0.2, 0.25) is 0 Å². The first-order valence-electron chi connectivity index (χ1n) is 12.3. The number of fused-ring (bicyclic) bond motifs is 5. The lowest BCUT2D eigenvalue weighted by Gasteiger charge is -2.31. The Morgan fingerprint density at radius 2 is 1.59 bits per heavy atom. The molecule has 0 unspecified atom stereocenters. The highest BCUT2D eigenvalue weighted by molar-refractivity contribution is 5.98. The average Bonchev–Trinajstić information content (AvgIpc) is 3.28. The van der Waals surface area contributed by atoms with Crippen molar-refractivity contribution >= 4 is 10.9 Å². The zero-order valence-electron chi connectivity index (χ0n) is 21.2. The number of hydrogen-bond acceptors (Lipinski definition) is 4. The molecule has 6 rings (SSSR count). The molecule has 2 aromatic heterocycles. The summed E-state index contributed by atoms with van der Waals surface area (Å²) in [6.45, 7) is 4.46. The minimum atomic E-state index is -0.614. The predicted molar refractivity (Wildman–Crippen MR) is 144 cm³/mol. The molecule has 37 heavy (non-hydrogen) atoms. The van der Waals surface area contributed by atoms with Gasteiger partial charge in [0.15, 0.2) is 6.10 Å². The first-order chi connectivity index (χ1) is 17.9. The Labute approximate surface area is 213 Å². The molecule has 186 valence electrons. The van der Waals surface area contributed by atoms with Gasteiger partial charge in [-0.05, 0) is 37.6 Å². The molecule has 1 aliphatic rings. The van der Waals surface area contributed by atoms with Crippen LogP contribution < -0.4 is 20.7 Å². The number of aryl methyl sites for hydroxylation is 2. The van der Waals surface area contributed by atoms with Crippen molar-refractivity contribution in [3.05, 3.63) is 110 Å². The molecule has 1 atom stereocenters. The zero-order chi connectivity index (χ0) is 25.8. The molecule has 5 aromatic rings. The quantitative estimate of drug-likeness (QED) is 0.358. The Kier molecular flexibility index (Phi) is 5.30. The van der Waals surface area contributed by atoms with E-state index in [-0.39, 0.29) is 5.56 Å². The summed E-state index contributed by atoms with van der Waals surface area (Å²) in [7, 11) is 3.22. The van der Waals surface area contributed by atoms with Crippen molar-refractivity contribution in [3.8, 4) is 28.4 Å². The molecule has 0 aliphatic carbocycles. The molecule has 7 heteroatoms. The molecule has 0 amide bonds. The number of hydrogen-bond donors (Lipinski definition) is 0. The van der Waals surface area contributed by atoms with E-state index < -0.39 is 11.8 Å². The monoisotopic (exact) mass is 493 g/mol. The van der Waals surface area contributed by atoms with E-state index in [2.05, 4.69) is 4.57 Å². The Morgan fingerprint density at radius 1 is 0.892 bits per heavy atom. The number of para-hydroxylation sites is 3.